The number of hydrogen-bond donors (Lipinski definition) is 2. The Morgan fingerprint density at radius 3 is 2.18 bits per heavy atom. The van der Waals surface area contributed by atoms with Crippen molar-refractivity contribution in [1.29, 1.82) is 0 Å². The summed E-state index contributed by atoms with van der Waals surface area (Å²) in [4.78, 5) is 10.8. The summed E-state index contributed by atoms with van der Waals surface area (Å²) in [6.45, 7) is 1.56. The van der Waals surface area contributed by atoms with Crippen LogP contribution in [0.15, 0.2) is 66.2 Å². The lowest BCUT2D eigenvalue weighted by atomic mass is 10.00. The average molecular weight is 318 g/mol. The number of carbonyl (C=O) groups is 1. The Labute approximate surface area is 136 Å². The molecule has 0 aliphatic heterocycles. The fourth-order valence-electron chi connectivity index (χ4n) is 2.19. The first-order valence-corrected chi connectivity index (χ1v) is 6.88. The summed E-state index contributed by atoms with van der Waals surface area (Å²) in [5.41, 5.74) is 9.66. The summed E-state index contributed by atoms with van der Waals surface area (Å²) in [6.07, 6.45) is 2.22. The third-order valence-corrected chi connectivity index (χ3v) is 3.33. The van der Waals surface area contributed by atoms with Gasteiger partial charge in [0.1, 0.15) is 0 Å². The molecule has 0 aliphatic rings. The highest BCUT2D eigenvalue weighted by Crippen LogP contribution is 2.19. The summed E-state index contributed by atoms with van der Waals surface area (Å²) in [5.74, 6) is -0.926. The summed E-state index contributed by atoms with van der Waals surface area (Å²) in [6, 6.07) is 18.1. The van der Waals surface area contributed by atoms with Crippen molar-refractivity contribution in [2.45, 2.75) is 19.4 Å². The van der Waals surface area contributed by atoms with Gasteiger partial charge in [0, 0.05) is 11.6 Å². The average Bonchev–Trinajstić information content (AvgIpc) is 2.48. The van der Waals surface area contributed by atoms with E-state index in [-0.39, 0.29) is 24.0 Å². The first kappa shape index (κ1) is 18.0. The van der Waals surface area contributed by atoms with Gasteiger partial charge in [0.25, 0.3) is 0 Å². The van der Waals surface area contributed by atoms with Gasteiger partial charge in [-0.05, 0) is 30.0 Å². The number of nitrogens with two attached hydrogens (primary N) is 1. The molecule has 0 aromatic heterocycles. The van der Waals surface area contributed by atoms with Crippen molar-refractivity contribution in [2.75, 3.05) is 0 Å². The minimum absolute atomic E-state index is 0. The van der Waals surface area contributed by atoms with Crippen LogP contribution in [-0.4, -0.2) is 17.1 Å². The van der Waals surface area contributed by atoms with E-state index in [1.165, 1.54) is 5.56 Å². The molecule has 0 heterocycles. The second kappa shape index (κ2) is 8.37. The Kier molecular flexibility index (Phi) is 6.83. The molecule has 4 heteroatoms. The second-order valence-corrected chi connectivity index (χ2v) is 5.09. The molecule has 2 rings (SSSR count). The maximum Gasteiger partial charge on any atom is 0.331 e. The maximum absolute atomic E-state index is 10.8. The quantitative estimate of drug-likeness (QED) is 0.827. The molecule has 0 amide bonds. The van der Waals surface area contributed by atoms with Gasteiger partial charge >= 0.3 is 5.97 Å². The Morgan fingerprint density at radius 1 is 1.09 bits per heavy atom. The molecular weight excluding hydrogens is 298 g/mol. The van der Waals surface area contributed by atoms with Crippen LogP contribution in [-0.2, 0) is 11.2 Å². The summed E-state index contributed by atoms with van der Waals surface area (Å²) in [7, 11) is 0. The molecule has 0 radical (unpaired) electrons. The van der Waals surface area contributed by atoms with E-state index in [2.05, 4.69) is 24.3 Å². The van der Waals surface area contributed by atoms with Crippen LogP contribution in [0.3, 0.4) is 0 Å². The highest BCUT2D eigenvalue weighted by Gasteiger charge is 2.06. The predicted octanol–water partition coefficient (Wildman–Crippen LogP) is 3.68. The van der Waals surface area contributed by atoms with Crippen molar-refractivity contribution >= 4 is 18.4 Å². The maximum atomic E-state index is 10.8. The van der Waals surface area contributed by atoms with Gasteiger partial charge in [0.15, 0.2) is 0 Å². The Morgan fingerprint density at radius 2 is 1.64 bits per heavy atom. The molecule has 0 bridgehead atoms. The van der Waals surface area contributed by atoms with Crippen LogP contribution in [0, 0.1) is 0 Å². The van der Waals surface area contributed by atoms with Crippen LogP contribution < -0.4 is 5.73 Å². The molecular formula is C18H20ClNO2. The minimum atomic E-state index is -0.926. The Balaban J connectivity index is 0.00000242. The normalized spacial score (nSPS) is 12.4. The molecule has 22 heavy (non-hydrogen) atoms. The zero-order valence-corrected chi connectivity index (χ0v) is 13.2. The van der Waals surface area contributed by atoms with Gasteiger partial charge in [-0.25, -0.2) is 4.79 Å². The second-order valence-electron chi connectivity index (χ2n) is 5.09. The van der Waals surface area contributed by atoms with Gasteiger partial charge in [-0.1, -0.05) is 60.7 Å². The SMILES string of the molecule is CC(=C[C@H](N)Cc1ccc(-c2ccccc2)cc1)C(=O)O.Cl. The fraction of sp³-hybridized carbons (Fsp3) is 0.167. The van der Waals surface area contributed by atoms with Gasteiger partial charge in [0.05, 0.1) is 0 Å². The summed E-state index contributed by atoms with van der Waals surface area (Å²) >= 11 is 0. The van der Waals surface area contributed by atoms with Crippen LogP contribution in [0.4, 0.5) is 0 Å². The van der Waals surface area contributed by atoms with Crippen molar-refractivity contribution in [3.05, 3.63) is 71.8 Å². The van der Waals surface area contributed by atoms with E-state index in [1.54, 1.807) is 13.0 Å². The fourth-order valence-corrected chi connectivity index (χ4v) is 2.19. The zero-order valence-electron chi connectivity index (χ0n) is 12.4. The zero-order chi connectivity index (χ0) is 15.2. The van der Waals surface area contributed by atoms with Crippen molar-refractivity contribution in [3.8, 4) is 11.1 Å². The van der Waals surface area contributed by atoms with E-state index in [1.807, 2.05) is 30.3 Å². The number of carboxylic acids is 1. The standard InChI is InChI=1S/C18H19NO2.ClH/c1-13(18(20)21)11-17(19)12-14-7-9-16(10-8-14)15-5-3-2-4-6-15;/h2-11,17H,12,19H2,1H3,(H,20,21);1H/t17-;/m0./s1. The van der Waals surface area contributed by atoms with Crippen LogP contribution in [0.25, 0.3) is 11.1 Å². The van der Waals surface area contributed by atoms with Gasteiger partial charge < -0.3 is 10.8 Å². The topological polar surface area (TPSA) is 63.3 Å². The molecule has 3 N–H and O–H groups in total. The third-order valence-electron chi connectivity index (χ3n) is 3.33. The van der Waals surface area contributed by atoms with Crippen LogP contribution in [0.2, 0.25) is 0 Å². The summed E-state index contributed by atoms with van der Waals surface area (Å²) < 4.78 is 0. The first-order valence-electron chi connectivity index (χ1n) is 6.88. The number of rotatable bonds is 5. The molecule has 0 unspecified atom stereocenters. The largest absolute Gasteiger partial charge is 0.478 e. The van der Waals surface area contributed by atoms with Crippen molar-refractivity contribution < 1.29 is 9.90 Å². The van der Waals surface area contributed by atoms with Crippen LogP contribution in [0.5, 0.6) is 0 Å². The number of hydrogen-bond acceptors (Lipinski definition) is 2. The van der Waals surface area contributed by atoms with Gasteiger partial charge in [-0.3, -0.25) is 0 Å². The lowest BCUT2D eigenvalue weighted by molar-refractivity contribution is -0.132. The molecule has 2 aromatic rings. The monoisotopic (exact) mass is 317 g/mol. The molecule has 0 saturated carbocycles. The third kappa shape index (κ3) is 5.02. The van der Waals surface area contributed by atoms with E-state index in [0.717, 1.165) is 11.1 Å². The number of halogens is 1. The predicted molar refractivity (Wildman–Crippen MR) is 92.2 cm³/mol. The van der Waals surface area contributed by atoms with Crippen molar-refractivity contribution in [1.82, 2.24) is 0 Å². The summed E-state index contributed by atoms with van der Waals surface area (Å²) in [5, 5.41) is 8.84. The molecule has 2 aromatic carbocycles. The van der Waals surface area contributed by atoms with Gasteiger partial charge in [0.2, 0.25) is 0 Å². The van der Waals surface area contributed by atoms with E-state index in [9.17, 15) is 4.79 Å². The lowest BCUT2D eigenvalue weighted by Gasteiger charge is -2.09. The van der Waals surface area contributed by atoms with E-state index in [0.29, 0.717) is 6.42 Å². The number of aliphatic carboxylic acids is 1. The number of carboxylic acid groups (broad SMARTS) is 1. The van der Waals surface area contributed by atoms with Gasteiger partial charge in [-0.2, -0.15) is 0 Å². The van der Waals surface area contributed by atoms with E-state index in [4.69, 9.17) is 10.8 Å². The van der Waals surface area contributed by atoms with E-state index < -0.39 is 5.97 Å². The van der Waals surface area contributed by atoms with Crippen molar-refractivity contribution in [3.63, 3.8) is 0 Å². The van der Waals surface area contributed by atoms with Crippen LogP contribution >= 0.6 is 12.4 Å². The van der Waals surface area contributed by atoms with Gasteiger partial charge in [-0.15, -0.1) is 12.4 Å². The molecule has 0 saturated heterocycles. The molecule has 0 fully saturated rings. The molecule has 3 nitrogen and oxygen atoms in total. The number of benzene rings is 2. The lowest BCUT2D eigenvalue weighted by Crippen LogP contribution is -2.21. The first-order chi connectivity index (χ1) is 10.1. The van der Waals surface area contributed by atoms with Crippen molar-refractivity contribution in [2.24, 2.45) is 5.73 Å². The molecule has 0 spiro atoms. The Bertz CT molecular complexity index is 636. The minimum Gasteiger partial charge on any atom is -0.478 e. The Hall–Kier alpha value is -2.10. The highest BCUT2D eigenvalue weighted by atomic mass is 35.5. The molecule has 0 aliphatic carbocycles. The molecule has 116 valence electrons. The smallest absolute Gasteiger partial charge is 0.331 e. The van der Waals surface area contributed by atoms with Crippen LogP contribution in [0.1, 0.15) is 12.5 Å². The molecule has 1 atom stereocenters. The van der Waals surface area contributed by atoms with E-state index >= 15 is 0 Å². The highest BCUT2D eigenvalue weighted by molar-refractivity contribution is 5.86.